The summed E-state index contributed by atoms with van der Waals surface area (Å²) in [6.07, 6.45) is -1.36. The minimum atomic E-state index is -4.50. The molecule has 2 N–H and O–H groups in total. The summed E-state index contributed by atoms with van der Waals surface area (Å²) in [5.41, 5.74) is 0.924. The van der Waals surface area contributed by atoms with Crippen molar-refractivity contribution in [1.82, 2.24) is 14.8 Å². The summed E-state index contributed by atoms with van der Waals surface area (Å²) >= 11 is 0. The van der Waals surface area contributed by atoms with Crippen LogP contribution in [-0.2, 0) is 21.4 Å². The number of carboxylic acid groups (broad SMARTS) is 1. The maximum Gasteiger partial charge on any atom is 0.422 e. The van der Waals surface area contributed by atoms with E-state index in [4.69, 9.17) is 9.47 Å². The molecule has 0 radical (unpaired) electrons. The predicted octanol–water partition coefficient (Wildman–Crippen LogP) is 1.43. The number of alkyl halides is 3. The second kappa shape index (κ2) is 8.99. The number of halogens is 3. The van der Waals surface area contributed by atoms with Gasteiger partial charge in [0.2, 0.25) is 0 Å². The first kappa shape index (κ1) is 23.6. The quantitative estimate of drug-likeness (QED) is 0.594. The van der Waals surface area contributed by atoms with Crippen molar-refractivity contribution in [2.24, 2.45) is 13.0 Å². The van der Waals surface area contributed by atoms with Gasteiger partial charge in [0, 0.05) is 7.05 Å². The van der Waals surface area contributed by atoms with Gasteiger partial charge < -0.3 is 19.7 Å². The van der Waals surface area contributed by atoms with Gasteiger partial charge in [0.15, 0.2) is 12.5 Å². The number of ether oxygens (including phenoxy) is 2. The van der Waals surface area contributed by atoms with E-state index in [0.717, 1.165) is 5.01 Å². The van der Waals surface area contributed by atoms with Crippen LogP contribution in [0, 0.1) is 5.92 Å². The van der Waals surface area contributed by atoms with Gasteiger partial charge in [-0.05, 0) is 35.9 Å². The highest BCUT2D eigenvalue weighted by atomic mass is 19.4. The lowest BCUT2D eigenvalue weighted by atomic mass is 9.98. The van der Waals surface area contributed by atoms with Crippen molar-refractivity contribution in [3.63, 3.8) is 0 Å². The van der Waals surface area contributed by atoms with Crippen LogP contribution in [0.4, 0.5) is 18.9 Å². The Morgan fingerprint density at radius 3 is 2.50 bits per heavy atom. The van der Waals surface area contributed by atoms with Crippen molar-refractivity contribution in [2.75, 3.05) is 24.8 Å². The number of hydrogen-bond donors (Lipinski definition) is 2. The number of amides is 1. The molecule has 1 amide bonds. The molecule has 0 bridgehead atoms. The van der Waals surface area contributed by atoms with Crippen molar-refractivity contribution in [1.29, 1.82) is 0 Å². The zero-order valence-electron chi connectivity index (χ0n) is 17.8. The topological polar surface area (TPSA) is 117 Å². The molecule has 3 atom stereocenters. The van der Waals surface area contributed by atoms with Crippen LogP contribution in [0.15, 0.2) is 42.7 Å². The molecule has 0 aliphatic carbocycles. The van der Waals surface area contributed by atoms with Crippen molar-refractivity contribution in [2.45, 2.75) is 18.3 Å². The molecule has 1 aromatic heterocycles. The minimum Gasteiger partial charge on any atom is -0.484 e. The van der Waals surface area contributed by atoms with E-state index in [9.17, 15) is 33.0 Å². The standard InChI is InChI=1S/C21H21F3N4O6/c1-26-8-13(7-25-26)27-19(30)15(20(31)32)6-16(28(27)17-9-33-10-18(17)29)12-2-4-14(5-3-12)34-11-21(22,23)24/h2-8,15,17-18,29H,9-11H2,1H3,(H,31,32)/t15?,17-,18+/m1/s1. The number of aliphatic hydroxyl groups is 1. The molecule has 10 nitrogen and oxygen atoms in total. The maximum absolute atomic E-state index is 13.2. The van der Waals surface area contributed by atoms with Crippen molar-refractivity contribution >= 4 is 23.3 Å². The Labute approximate surface area is 191 Å². The van der Waals surface area contributed by atoms with Crippen LogP contribution in [0.5, 0.6) is 5.75 Å². The Morgan fingerprint density at radius 1 is 1.26 bits per heavy atom. The fraction of sp³-hybridized carbons (Fsp3) is 0.381. The third-order valence-corrected chi connectivity index (χ3v) is 5.35. The molecule has 2 aliphatic heterocycles. The number of hydrogen-bond acceptors (Lipinski definition) is 7. The summed E-state index contributed by atoms with van der Waals surface area (Å²) in [6, 6.07) is 4.77. The number of hydrazine groups is 1. The number of nitrogens with zero attached hydrogens (tertiary/aromatic N) is 4. The summed E-state index contributed by atoms with van der Waals surface area (Å²) in [5.74, 6) is -3.74. The number of aliphatic carboxylic acids is 1. The number of rotatable bonds is 6. The molecule has 182 valence electrons. The van der Waals surface area contributed by atoms with Gasteiger partial charge in [0.1, 0.15) is 23.6 Å². The second-order valence-corrected chi connectivity index (χ2v) is 7.84. The summed E-state index contributed by atoms with van der Waals surface area (Å²) in [4.78, 5) is 25.2. The van der Waals surface area contributed by atoms with Gasteiger partial charge in [-0.1, -0.05) is 0 Å². The van der Waals surface area contributed by atoms with Crippen LogP contribution in [0.2, 0.25) is 0 Å². The molecule has 4 rings (SSSR count). The maximum atomic E-state index is 13.2. The number of benzene rings is 1. The van der Waals surface area contributed by atoms with Crippen LogP contribution in [0.25, 0.3) is 5.70 Å². The highest BCUT2D eigenvalue weighted by molar-refractivity contribution is 6.09. The van der Waals surface area contributed by atoms with E-state index >= 15 is 0 Å². The molecule has 2 aromatic rings. The van der Waals surface area contributed by atoms with Gasteiger partial charge in [-0.2, -0.15) is 18.3 Å². The summed E-state index contributed by atoms with van der Waals surface area (Å²) in [6.45, 7) is -1.40. The van der Waals surface area contributed by atoms with E-state index < -0.39 is 42.7 Å². The third kappa shape index (κ3) is 4.70. The molecule has 1 unspecified atom stereocenters. The van der Waals surface area contributed by atoms with E-state index in [2.05, 4.69) is 5.10 Å². The van der Waals surface area contributed by atoms with Crippen molar-refractivity contribution < 1.29 is 42.4 Å². The summed E-state index contributed by atoms with van der Waals surface area (Å²) in [5, 5.41) is 26.9. The molecule has 34 heavy (non-hydrogen) atoms. The number of aliphatic hydroxyl groups excluding tert-OH is 1. The lowest BCUT2D eigenvalue weighted by Crippen LogP contribution is -2.59. The molecule has 2 aliphatic rings. The molecule has 1 saturated heterocycles. The van der Waals surface area contributed by atoms with Crippen molar-refractivity contribution in [3.05, 3.63) is 48.3 Å². The smallest absolute Gasteiger partial charge is 0.422 e. The first-order chi connectivity index (χ1) is 16.0. The van der Waals surface area contributed by atoms with Gasteiger partial charge in [0.05, 0.1) is 31.3 Å². The Bertz CT molecular complexity index is 1100. The Hall–Kier alpha value is -3.58. The van der Waals surface area contributed by atoms with E-state index in [-0.39, 0.29) is 30.3 Å². The molecule has 0 saturated carbocycles. The highest BCUT2D eigenvalue weighted by Gasteiger charge is 2.46. The average molecular weight is 482 g/mol. The fourth-order valence-corrected chi connectivity index (χ4v) is 3.81. The lowest BCUT2D eigenvalue weighted by Gasteiger charge is -2.45. The average Bonchev–Trinajstić information content (AvgIpc) is 3.39. The summed E-state index contributed by atoms with van der Waals surface area (Å²) < 4.78 is 48.9. The Morgan fingerprint density at radius 2 is 1.97 bits per heavy atom. The number of anilines is 1. The van der Waals surface area contributed by atoms with Crippen molar-refractivity contribution in [3.8, 4) is 5.75 Å². The molecule has 1 fully saturated rings. The Kier molecular flexibility index (Phi) is 6.23. The number of carboxylic acids is 1. The van der Waals surface area contributed by atoms with Gasteiger partial charge in [-0.25, -0.2) is 5.01 Å². The first-order valence-electron chi connectivity index (χ1n) is 10.2. The number of aryl methyl sites for hydroxylation is 1. The third-order valence-electron chi connectivity index (χ3n) is 5.35. The zero-order valence-corrected chi connectivity index (χ0v) is 17.8. The van der Waals surface area contributed by atoms with E-state index in [0.29, 0.717) is 5.56 Å². The predicted molar refractivity (Wildman–Crippen MR) is 110 cm³/mol. The zero-order chi connectivity index (χ0) is 24.6. The van der Waals surface area contributed by atoms with Gasteiger partial charge >= 0.3 is 12.1 Å². The fourth-order valence-electron chi connectivity index (χ4n) is 3.81. The minimum absolute atomic E-state index is 0.0100. The van der Waals surface area contributed by atoms with E-state index in [1.165, 1.54) is 52.4 Å². The van der Waals surface area contributed by atoms with Gasteiger partial charge in [0.25, 0.3) is 5.91 Å². The number of aromatic nitrogens is 2. The molecular weight excluding hydrogens is 461 g/mol. The monoisotopic (exact) mass is 482 g/mol. The van der Waals surface area contributed by atoms with Crippen LogP contribution in [0.3, 0.4) is 0 Å². The summed E-state index contributed by atoms with van der Waals surface area (Å²) in [7, 11) is 1.63. The van der Waals surface area contributed by atoms with Gasteiger partial charge in [-0.3, -0.25) is 19.3 Å². The normalized spacial score (nSPS) is 23.3. The van der Waals surface area contributed by atoms with Gasteiger partial charge in [-0.15, -0.1) is 0 Å². The molecule has 0 spiro atoms. The van der Waals surface area contributed by atoms with Crippen LogP contribution < -0.4 is 9.75 Å². The molecule has 13 heteroatoms. The first-order valence-corrected chi connectivity index (χ1v) is 10.2. The lowest BCUT2D eigenvalue weighted by molar-refractivity contribution is -0.153. The number of carbonyl (C=O) groups is 2. The highest BCUT2D eigenvalue weighted by Crippen LogP contribution is 2.37. The molecule has 3 heterocycles. The second-order valence-electron chi connectivity index (χ2n) is 7.84. The van der Waals surface area contributed by atoms with Crippen LogP contribution in [0.1, 0.15) is 5.56 Å². The van der Waals surface area contributed by atoms with E-state index in [1.807, 2.05) is 0 Å². The molecular formula is C21H21F3N4O6. The van der Waals surface area contributed by atoms with Crippen LogP contribution in [-0.4, -0.2) is 75.0 Å². The SMILES string of the molecule is Cn1cc(N2C(=O)C(C(=O)O)C=C(c3ccc(OCC(F)(F)F)cc3)N2[C@@H]2COC[C@@H]2O)cn1. The van der Waals surface area contributed by atoms with Crippen LogP contribution >= 0.6 is 0 Å². The number of carbonyl (C=O) groups excluding carboxylic acids is 1. The largest absolute Gasteiger partial charge is 0.484 e. The Balaban J connectivity index is 1.78. The molecule has 1 aromatic carbocycles. The van der Waals surface area contributed by atoms with E-state index in [1.54, 1.807) is 7.05 Å².